The van der Waals surface area contributed by atoms with Crippen LogP contribution in [-0.4, -0.2) is 22.2 Å². The van der Waals surface area contributed by atoms with E-state index in [9.17, 15) is 4.79 Å². The largest absolute Gasteiger partial charge is 0.478 e. The number of carboxylic acid groups (broad SMARTS) is 1. The molecule has 1 rings (SSSR count). The van der Waals surface area contributed by atoms with Gasteiger partial charge in [-0.15, -0.1) is 0 Å². The minimum atomic E-state index is -0.951. The monoisotopic (exact) mass is 209 g/mol. The fraction of sp³-hybridized carbons (Fsp3) is 0.455. The number of aromatic nitrogens is 1. The van der Waals surface area contributed by atoms with Gasteiger partial charge in [0, 0.05) is 12.1 Å². The van der Waals surface area contributed by atoms with Crippen molar-refractivity contribution in [2.24, 2.45) is 5.92 Å². The normalized spacial score (nSPS) is 12.5. The number of carbonyl (C=O) groups is 1. The van der Waals surface area contributed by atoms with Gasteiger partial charge in [-0.25, -0.2) is 4.79 Å². The van der Waals surface area contributed by atoms with E-state index in [0.717, 1.165) is 0 Å². The van der Waals surface area contributed by atoms with E-state index in [0.29, 0.717) is 11.4 Å². The summed E-state index contributed by atoms with van der Waals surface area (Å²) in [6.07, 6.45) is 0.820. The molecule has 1 aromatic heterocycles. The molecule has 1 atom stereocenters. The SMILES string of the molecule is Cc1ncccc1OC(C(=O)O)C(C)C. The molecule has 0 fully saturated rings. The summed E-state index contributed by atoms with van der Waals surface area (Å²) in [4.78, 5) is 14.9. The predicted octanol–water partition coefficient (Wildman–Crippen LogP) is 1.88. The van der Waals surface area contributed by atoms with E-state index in [4.69, 9.17) is 9.84 Å². The zero-order valence-electron chi connectivity index (χ0n) is 9.10. The average molecular weight is 209 g/mol. The molecule has 82 valence electrons. The molecule has 0 saturated heterocycles. The van der Waals surface area contributed by atoms with Crippen molar-refractivity contribution < 1.29 is 14.6 Å². The maximum Gasteiger partial charge on any atom is 0.345 e. The summed E-state index contributed by atoms with van der Waals surface area (Å²) < 4.78 is 5.41. The summed E-state index contributed by atoms with van der Waals surface area (Å²) >= 11 is 0. The van der Waals surface area contributed by atoms with Gasteiger partial charge >= 0.3 is 5.97 Å². The van der Waals surface area contributed by atoms with Gasteiger partial charge in [-0.3, -0.25) is 4.98 Å². The first-order chi connectivity index (χ1) is 7.02. The fourth-order valence-corrected chi connectivity index (χ4v) is 1.20. The first kappa shape index (κ1) is 11.5. The first-order valence-electron chi connectivity index (χ1n) is 4.83. The third-order valence-corrected chi connectivity index (χ3v) is 2.06. The topological polar surface area (TPSA) is 59.4 Å². The van der Waals surface area contributed by atoms with Crippen LogP contribution < -0.4 is 4.74 Å². The number of nitrogens with zero attached hydrogens (tertiary/aromatic N) is 1. The third-order valence-electron chi connectivity index (χ3n) is 2.06. The molecule has 0 spiro atoms. The first-order valence-corrected chi connectivity index (χ1v) is 4.83. The Morgan fingerprint density at radius 1 is 1.53 bits per heavy atom. The summed E-state index contributed by atoms with van der Waals surface area (Å²) in [7, 11) is 0. The van der Waals surface area contributed by atoms with Crippen molar-refractivity contribution in [3.05, 3.63) is 24.0 Å². The fourth-order valence-electron chi connectivity index (χ4n) is 1.20. The highest BCUT2D eigenvalue weighted by Crippen LogP contribution is 2.18. The van der Waals surface area contributed by atoms with E-state index in [1.807, 2.05) is 13.8 Å². The Morgan fingerprint density at radius 3 is 2.67 bits per heavy atom. The van der Waals surface area contributed by atoms with Crippen LogP contribution >= 0.6 is 0 Å². The molecule has 1 unspecified atom stereocenters. The van der Waals surface area contributed by atoms with Gasteiger partial charge in [0.2, 0.25) is 0 Å². The minimum Gasteiger partial charge on any atom is -0.478 e. The van der Waals surface area contributed by atoms with Gasteiger partial charge in [0.15, 0.2) is 6.10 Å². The molecular weight excluding hydrogens is 194 g/mol. The van der Waals surface area contributed by atoms with Crippen LogP contribution in [0.3, 0.4) is 0 Å². The second-order valence-electron chi connectivity index (χ2n) is 3.71. The highest BCUT2D eigenvalue weighted by Gasteiger charge is 2.23. The molecule has 0 aliphatic heterocycles. The van der Waals surface area contributed by atoms with Crippen molar-refractivity contribution in [2.75, 3.05) is 0 Å². The Kier molecular flexibility index (Phi) is 3.66. The lowest BCUT2D eigenvalue weighted by molar-refractivity contribution is -0.147. The van der Waals surface area contributed by atoms with Gasteiger partial charge < -0.3 is 9.84 Å². The zero-order valence-corrected chi connectivity index (χ0v) is 9.10. The molecule has 1 N–H and O–H groups in total. The standard InChI is InChI=1S/C11H15NO3/c1-7(2)10(11(13)14)15-9-5-4-6-12-8(9)3/h4-7,10H,1-3H3,(H,13,14). The molecule has 1 aromatic rings. The number of rotatable bonds is 4. The molecule has 4 heteroatoms. The summed E-state index contributed by atoms with van der Waals surface area (Å²) in [5, 5.41) is 8.95. The van der Waals surface area contributed by atoms with Crippen LogP contribution in [-0.2, 0) is 4.79 Å². The number of pyridine rings is 1. The van der Waals surface area contributed by atoms with E-state index in [1.165, 1.54) is 0 Å². The Hall–Kier alpha value is -1.58. The molecule has 1 heterocycles. The molecule has 0 radical (unpaired) electrons. The summed E-state index contributed by atoms with van der Waals surface area (Å²) in [6, 6.07) is 3.45. The molecule has 15 heavy (non-hydrogen) atoms. The quantitative estimate of drug-likeness (QED) is 0.822. The number of hydrogen-bond donors (Lipinski definition) is 1. The van der Waals surface area contributed by atoms with Gasteiger partial charge in [-0.05, 0) is 19.1 Å². The zero-order chi connectivity index (χ0) is 11.4. The molecular formula is C11H15NO3. The van der Waals surface area contributed by atoms with Crippen LogP contribution in [0.25, 0.3) is 0 Å². The van der Waals surface area contributed by atoms with E-state index < -0.39 is 12.1 Å². The predicted molar refractivity (Wildman–Crippen MR) is 55.9 cm³/mol. The van der Waals surface area contributed by atoms with Crippen LogP contribution in [0.5, 0.6) is 5.75 Å². The number of aryl methyl sites for hydroxylation is 1. The molecule has 4 nitrogen and oxygen atoms in total. The van der Waals surface area contributed by atoms with Crippen LogP contribution in [0.4, 0.5) is 0 Å². The van der Waals surface area contributed by atoms with Gasteiger partial charge in [0.25, 0.3) is 0 Å². The van der Waals surface area contributed by atoms with Crippen molar-refractivity contribution in [3.8, 4) is 5.75 Å². The van der Waals surface area contributed by atoms with E-state index in [1.54, 1.807) is 25.3 Å². The lowest BCUT2D eigenvalue weighted by Crippen LogP contribution is -2.32. The third kappa shape index (κ3) is 2.94. The molecule has 0 aromatic carbocycles. The van der Waals surface area contributed by atoms with Crippen molar-refractivity contribution in [3.63, 3.8) is 0 Å². The van der Waals surface area contributed by atoms with Crippen LogP contribution in [0, 0.1) is 12.8 Å². The molecule has 0 aliphatic carbocycles. The van der Waals surface area contributed by atoms with Crippen LogP contribution in [0.2, 0.25) is 0 Å². The molecule has 0 aliphatic rings. The smallest absolute Gasteiger partial charge is 0.345 e. The van der Waals surface area contributed by atoms with Gasteiger partial charge in [0.1, 0.15) is 5.75 Å². The number of hydrogen-bond acceptors (Lipinski definition) is 3. The lowest BCUT2D eigenvalue weighted by Gasteiger charge is -2.18. The van der Waals surface area contributed by atoms with Crippen molar-refractivity contribution in [2.45, 2.75) is 26.9 Å². The van der Waals surface area contributed by atoms with E-state index in [2.05, 4.69) is 4.98 Å². The summed E-state index contributed by atoms with van der Waals surface area (Å²) in [5.74, 6) is -0.506. The average Bonchev–Trinajstić information content (AvgIpc) is 2.15. The summed E-state index contributed by atoms with van der Waals surface area (Å²) in [6.45, 7) is 5.41. The molecule has 0 amide bonds. The molecule has 0 bridgehead atoms. The number of ether oxygens (including phenoxy) is 1. The van der Waals surface area contributed by atoms with E-state index >= 15 is 0 Å². The highest BCUT2D eigenvalue weighted by atomic mass is 16.5. The van der Waals surface area contributed by atoms with Gasteiger partial charge in [0.05, 0.1) is 5.69 Å². The van der Waals surface area contributed by atoms with Crippen LogP contribution in [0.15, 0.2) is 18.3 Å². The van der Waals surface area contributed by atoms with Crippen molar-refractivity contribution in [1.82, 2.24) is 4.98 Å². The van der Waals surface area contributed by atoms with Gasteiger partial charge in [-0.2, -0.15) is 0 Å². The Morgan fingerprint density at radius 2 is 2.20 bits per heavy atom. The summed E-state index contributed by atoms with van der Waals surface area (Å²) in [5.41, 5.74) is 0.699. The van der Waals surface area contributed by atoms with Crippen molar-refractivity contribution >= 4 is 5.97 Å². The Bertz CT molecular complexity index is 349. The lowest BCUT2D eigenvalue weighted by atomic mass is 10.1. The second kappa shape index (κ2) is 4.77. The van der Waals surface area contributed by atoms with Crippen molar-refractivity contribution in [1.29, 1.82) is 0 Å². The highest BCUT2D eigenvalue weighted by molar-refractivity contribution is 5.73. The van der Waals surface area contributed by atoms with E-state index in [-0.39, 0.29) is 5.92 Å². The van der Waals surface area contributed by atoms with Gasteiger partial charge in [-0.1, -0.05) is 13.8 Å². The Balaban J connectivity index is 2.84. The second-order valence-corrected chi connectivity index (χ2v) is 3.71. The van der Waals surface area contributed by atoms with Crippen LogP contribution in [0.1, 0.15) is 19.5 Å². The minimum absolute atomic E-state index is 0.0814. The molecule has 0 saturated carbocycles. The maximum atomic E-state index is 10.9. The number of aliphatic carboxylic acids is 1. The number of carboxylic acids is 1. The maximum absolute atomic E-state index is 10.9. The Labute approximate surface area is 88.9 Å².